The number of likely N-dealkylation sites (tertiary alicyclic amines) is 1. The molecule has 0 N–H and O–H groups in total. The zero-order chi connectivity index (χ0) is 20.4. The predicted molar refractivity (Wildman–Crippen MR) is 109 cm³/mol. The second kappa shape index (κ2) is 8.57. The fourth-order valence-electron chi connectivity index (χ4n) is 4.11. The number of pyridine rings is 1. The Kier molecular flexibility index (Phi) is 5.89. The number of carbonyl (C=O) groups is 2. The topological polar surface area (TPSA) is 69.2 Å². The van der Waals surface area contributed by atoms with E-state index in [1.165, 1.54) is 24.2 Å². The van der Waals surface area contributed by atoms with E-state index >= 15 is 0 Å². The predicted octanol–water partition coefficient (Wildman–Crippen LogP) is 1.53. The Morgan fingerprint density at radius 2 is 1.83 bits per heavy atom. The summed E-state index contributed by atoms with van der Waals surface area (Å²) < 4.78 is 5.90. The summed E-state index contributed by atoms with van der Waals surface area (Å²) in [7, 11) is 3.40. The van der Waals surface area contributed by atoms with Gasteiger partial charge >= 0.3 is 6.03 Å². The zero-order valence-electron chi connectivity index (χ0n) is 17.4. The van der Waals surface area contributed by atoms with Crippen LogP contribution in [-0.4, -0.2) is 102 Å². The largest absolute Gasteiger partial charge is 0.485 e. The van der Waals surface area contributed by atoms with Crippen molar-refractivity contribution in [3.05, 3.63) is 24.0 Å². The molecule has 0 spiro atoms. The maximum Gasteiger partial charge on any atom is 0.320 e. The van der Waals surface area contributed by atoms with Crippen LogP contribution in [-0.2, 0) is 0 Å². The van der Waals surface area contributed by atoms with Gasteiger partial charge in [-0.25, -0.2) is 9.78 Å². The Morgan fingerprint density at radius 3 is 2.45 bits per heavy atom. The lowest BCUT2D eigenvalue weighted by Gasteiger charge is -2.41. The van der Waals surface area contributed by atoms with Gasteiger partial charge in [0.1, 0.15) is 17.5 Å². The number of rotatable bonds is 4. The molecule has 0 unspecified atom stereocenters. The van der Waals surface area contributed by atoms with Gasteiger partial charge in [0.2, 0.25) is 0 Å². The summed E-state index contributed by atoms with van der Waals surface area (Å²) >= 11 is 0. The summed E-state index contributed by atoms with van der Waals surface area (Å²) in [4.78, 5) is 36.8. The van der Waals surface area contributed by atoms with Crippen molar-refractivity contribution in [2.75, 3.05) is 53.4 Å². The van der Waals surface area contributed by atoms with E-state index in [4.69, 9.17) is 4.74 Å². The van der Waals surface area contributed by atoms with Crippen molar-refractivity contribution in [1.29, 1.82) is 0 Å². The molecule has 2 saturated heterocycles. The second-order valence-corrected chi connectivity index (χ2v) is 8.47. The van der Waals surface area contributed by atoms with Crippen LogP contribution in [0.15, 0.2) is 18.3 Å². The van der Waals surface area contributed by atoms with Gasteiger partial charge in [0.15, 0.2) is 0 Å². The first-order valence-corrected chi connectivity index (χ1v) is 10.6. The van der Waals surface area contributed by atoms with Crippen LogP contribution in [0.2, 0.25) is 0 Å². The molecule has 0 bridgehead atoms. The lowest BCUT2D eigenvalue weighted by atomic mass is 9.91. The van der Waals surface area contributed by atoms with E-state index in [0.29, 0.717) is 24.5 Å². The zero-order valence-corrected chi connectivity index (χ0v) is 17.4. The molecule has 8 nitrogen and oxygen atoms in total. The number of carbonyl (C=O) groups excluding carboxylic acids is 2. The summed E-state index contributed by atoms with van der Waals surface area (Å²) in [6.45, 7) is 4.96. The molecule has 3 aliphatic rings. The highest BCUT2D eigenvalue weighted by Crippen LogP contribution is 2.26. The Labute approximate surface area is 172 Å². The van der Waals surface area contributed by atoms with E-state index in [1.807, 2.05) is 9.80 Å². The van der Waals surface area contributed by atoms with Gasteiger partial charge in [0.05, 0.1) is 19.3 Å². The number of amides is 3. The van der Waals surface area contributed by atoms with Crippen molar-refractivity contribution in [3.8, 4) is 5.75 Å². The molecule has 3 heterocycles. The fourth-order valence-corrected chi connectivity index (χ4v) is 4.11. The molecule has 4 rings (SSSR count). The number of ether oxygens (including phenoxy) is 1. The summed E-state index contributed by atoms with van der Waals surface area (Å²) in [6.07, 6.45) is 6.60. The maximum atomic E-state index is 12.8. The molecule has 1 saturated carbocycles. The molecule has 0 radical (unpaired) electrons. The maximum absolute atomic E-state index is 12.8. The van der Waals surface area contributed by atoms with Gasteiger partial charge in [-0.05, 0) is 31.4 Å². The molecule has 8 heteroatoms. The van der Waals surface area contributed by atoms with Gasteiger partial charge in [-0.1, -0.05) is 6.42 Å². The van der Waals surface area contributed by atoms with Crippen LogP contribution in [0, 0.1) is 0 Å². The Bertz CT molecular complexity index is 728. The Morgan fingerprint density at radius 1 is 1.03 bits per heavy atom. The van der Waals surface area contributed by atoms with E-state index in [1.54, 1.807) is 32.4 Å². The smallest absolute Gasteiger partial charge is 0.320 e. The number of aromatic nitrogens is 1. The van der Waals surface area contributed by atoms with E-state index in [-0.39, 0.29) is 18.0 Å². The van der Waals surface area contributed by atoms with Gasteiger partial charge in [0.25, 0.3) is 5.91 Å². The molecular formula is C21H31N5O3. The van der Waals surface area contributed by atoms with Crippen molar-refractivity contribution < 1.29 is 14.3 Å². The van der Waals surface area contributed by atoms with E-state index < -0.39 is 0 Å². The van der Waals surface area contributed by atoms with E-state index in [9.17, 15) is 9.59 Å². The molecular weight excluding hydrogens is 370 g/mol. The second-order valence-electron chi connectivity index (χ2n) is 8.47. The van der Waals surface area contributed by atoms with Gasteiger partial charge in [-0.3, -0.25) is 9.69 Å². The number of urea groups is 1. The molecule has 1 aliphatic carbocycles. The standard InChI is InChI=1S/C21H31N5O3/c1-23(2)20(27)19-8-7-17(13-22-19)29-18-14-26(15-18)21(28)25-10-4-9-24(11-12-25)16-5-3-6-16/h7-8,13,16,18H,3-6,9-12,14-15H2,1-2H3. The van der Waals surface area contributed by atoms with Crippen LogP contribution in [0.1, 0.15) is 36.2 Å². The van der Waals surface area contributed by atoms with Gasteiger partial charge in [-0.2, -0.15) is 0 Å². The first-order valence-electron chi connectivity index (χ1n) is 10.6. The molecule has 0 atom stereocenters. The highest BCUT2D eigenvalue weighted by molar-refractivity contribution is 5.91. The first kappa shape index (κ1) is 19.9. The van der Waals surface area contributed by atoms with E-state index in [2.05, 4.69) is 9.88 Å². The van der Waals surface area contributed by atoms with Gasteiger partial charge in [-0.15, -0.1) is 0 Å². The van der Waals surface area contributed by atoms with Crippen molar-refractivity contribution in [3.63, 3.8) is 0 Å². The summed E-state index contributed by atoms with van der Waals surface area (Å²) in [5, 5.41) is 0. The average Bonchev–Trinajstić information content (AvgIpc) is 2.88. The molecule has 3 amide bonds. The van der Waals surface area contributed by atoms with Crippen molar-refractivity contribution in [2.45, 2.75) is 37.8 Å². The lowest BCUT2D eigenvalue weighted by Crippen LogP contribution is -2.60. The van der Waals surface area contributed by atoms with Gasteiger partial charge in [0, 0.05) is 46.3 Å². The average molecular weight is 402 g/mol. The van der Waals surface area contributed by atoms with E-state index in [0.717, 1.165) is 38.6 Å². The quantitative estimate of drug-likeness (QED) is 0.765. The monoisotopic (exact) mass is 401 g/mol. The molecule has 1 aromatic rings. The summed E-state index contributed by atoms with van der Waals surface area (Å²) in [5.41, 5.74) is 0.393. The minimum absolute atomic E-state index is 0.0189. The number of hydrogen-bond donors (Lipinski definition) is 0. The van der Waals surface area contributed by atoms with Crippen LogP contribution < -0.4 is 4.74 Å². The lowest BCUT2D eigenvalue weighted by molar-refractivity contribution is 0.0306. The van der Waals surface area contributed by atoms with Gasteiger partial charge < -0.3 is 19.4 Å². The third kappa shape index (κ3) is 4.47. The van der Waals surface area contributed by atoms with Crippen LogP contribution in [0.4, 0.5) is 4.79 Å². The minimum atomic E-state index is -0.134. The van der Waals surface area contributed by atoms with Crippen LogP contribution in [0.25, 0.3) is 0 Å². The highest BCUT2D eigenvalue weighted by Gasteiger charge is 2.36. The van der Waals surface area contributed by atoms with Crippen LogP contribution >= 0.6 is 0 Å². The molecule has 29 heavy (non-hydrogen) atoms. The SMILES string of the molecule is CN(C)C(=O)c1ccc(OC2CN(C(=O)N3CCCN(C4CCC4)CC3)C2)cn1. The minimum Gasteiger partial charge on any atom is -0.485 e. The Hall–Kier alpha value is -2.35. The molecule has 1 aromatic heterocycles. The number of hydrogen-bond acceptors (Lipinski definition) is 5. The van der Waals surface area contributed by atoms with Crippen molar-refractivity contribution in [1.82, 2.24) is 24.6 Å². The third-order valence-electron chi connectivity index (χ3n) is 6.18. The Balaban J connectivity index is 1.22. The number of nitrogens with zero attached hydrogens (tertiary/aromatic N) is 5. The molecule has 158 valence electrons. The molecule has 0 aromatic carbocycles. The van der Waals surface area contributed by atoms with Crippen molar-refractivity contribution >= 4 is 11.9 Å². The first-order chi connectivity index (χ1) is 14.0. The van der Waals surface area contributed by atoms with Crippen LogP contribution in [0.3, 0.4) is 0 Å². The fraction of sp³-hybridized carbons (Fsp3) is 0.667. The van der Waals surface area contributed by atoms with Crippen LogP contribution in [0.5, 0.6) is 5.75 Å². The van der Waals surface area contributed by atoms with Crippen molar-refractivity contribution in [2.24, 2.45) is 0 Å². The normalized spacial score (nSPS) is 21.2. The molecule has 2 aliphatic heterocycles. The molecule has 3 fully saturated rings. The summed E-state index contributed by atoms with van der Waals surface area (Å²) in [6, 6.07) is 4.31. The summed E-state index contributed by atoms with van der Waals surface area (Å²) in [5.74, 6) is 0.494. The highest BCUT2D eigenvalue weighted by atomic mass is 16.5. The third-order valence-corrected chi connectivity index (χ3v) is 6.18.